The maximum Gasteiger partial charge on any atom is 0.305 e. The highest BCUT2D eigenvalue weighted by Crippen LogP contribution is 2.17. The van der Waals surface area contributed by atoms with Crippen LogP contribution < -0.4 is 4.72 Å². The van der Waals surface area contributed by atoms with Crippen LogP contribution in [0.5, 0.6) is 0 Å². The van der Waals surface area contributed by atoms with Crippen LogP contribution in [0.25, 0.3) is 0 Å². The van der Waals surface area contributed by atoms with Gasteiger partial charge in [0.15, 0.2) is 0 Å². The lowest BCUT2D eigenvalue weighted by molar-refractivity contribution is -0.140. The molecule has 0 saturated heterocycles. The Kier molecular flexibility index (Phi) is 5.61. The third kappa shape index (κ3) is 5.50. The average Bonchev–Trinajstić information content (AvgIpc) is 2.27. The second-order valence-corrected chi connectivity index (χ2v) is 6.37. The zero-order valence-corrected chi connectivity index (χ0v) is 12.3. The summed E-state index contributed by atoms with van der Waals surface area (Å²) in [6, 6.07) is 6.85. The predicted octanol–water partition coefficient (Wildman–Crippen LogP) is 2.14. The fraction of sp³-hybridized carbons (Fsp3) is 0.364. The number of carbonyl (C=O) groups excluding carboxylic acids is 1. The monoisotopic (exact) mass is 335 g/mol. The van der Waals surface area contributed by atoms with Crippen LogP contribution in [0, 0.1) is 0 Å². The summed E-state index contributed by atoms with van der Waals surface area (Å²) in [6.45, 7) is 0. The van der Waals surface area contributed by atoms with Crippen molar-refractivity contribution < 1.29 is 17.9 Å². The van der Waals surface area contributed by atoms with Gasteiger partial charge in [0.1, 0.15) is 0 Å². The third-order valence-electron chi connectivity index (χ3n) is 2.12. The molecule has 1 N–H and O–H groups in total. The number of hydrogen-bond donors (Lipinski definition) is 1. The summed E-state index contributed by atoms with van der Waals surface area (Å²) in [4.78, 5) is 10.9. The Morgan fingerprint density at radius 1 is 1.44 bits per heavy atom. The summed E-state index contributed by atoms with van der Waals surface area (Å²) in [5, 5.41) is 0. The molecule has 0 amide bonds. The maximum atomic E-state index is 11.7. The lowest BCUT2D eigenvalue weighted by Gasteiger charge is -2.07. The van der Waals surface area contributed by atoms with E-state index in [1.54, 1.807) is 24.3 Å². The molecule has 7 heteroatoms. The second-order valence-electron chi connectivity index (χ2n) is 3.61. The smallest absolute Gasteiger partial charge is 0.305 e. The number of halogens is 1. The largest absolute Gasteiger partial charge is 0.469 e. The normalized spacial score (nSPS) is 11.0. The fourth-order valence-corrected chi connectivity index (χ4v) is 2.80. The number of benzene rings is 1. The minimum absolute atomic E-state index is 0.0931. The molecule has 0 unspecified atom stereocenters. The van der Waals surface area contributed by atoms with E-state index >= 15 is 0 Å². The first-order chi connectivity index (χ1) is 8.43. The number of hydrogen-bond acceptors (Lipinski definition) is 4. The number of methoxy groups -OCH3 is 1. The average molecular weight is 336 g/mol. The molecule has 0 radical (unpaired) electrons. The second kappa shape index (κ2) is 6.75. The standard InChI is InChI=1S/C11H14BrNO4S/c1-17-11(14)6-3-7-18(15,16)13-10-5-2-4-9(12)8-10/h2,4-5,8,13H,3,6-7H2,1H3. The van der Waals surface area contributed by atoms with Crippen molar-refractivity contribution in [3.63, 3.8) is 0 Å². The van der Waals surface area contributed by atoms with Gasteiger partial charge >= 0.3 is 5.97 Å². The van der Waals surface area contributed by atoms with Gasteiger partial charge in [0.2, 0.25) is 10.0 Å². The molecule has 0 aliphatic carbocycles. The van der Waals surface area contributed by atoms with Gasteiger partial charge in [-0.3, -0.25) is 9.52 Å². The van der Waals surface area contributed by atoms with E-state index < -0.39 is 16.0 Å². The first-order valence-corrected chi connectivity index (χ1v) is 7.70. The predicted molar refractivity (Wildman–Crippen MR) is 72.8 cm³/mol. The van der Waals surface area contributed by atoms with Gasteiger partial charge in [-0.1, -0.05) is 22.0 Å². The molecule has 0 fully saturated rings. The molecule has 0 bridgehead atoms. The highest BCUT2D eigenvalue weighted by Gasteiger charge is 2.11. The number of carbonyl (C=O) groups is 1. The van der Waals surface area contributed by atoms with Gasteiger partial charge in [0, 0.05) is 16.6 Å². The Bertz CT molecular complexity index is 516. The van der Waals surface area contributed by atoms with Gasteiger partial charge in [-0.05, 0) is 24.6 Å². The SMILES string of the molecule is COC(=O)CCCS(=O)(=O)Nc1cccc(Br)c1. The number of nitrogens with one attached hydrogen (secondary N) is 1. The maximum absolute atomic E-state index is 11.7. The summed E-state index contributed by atoms with van der Waals surface area (Å²) in [7, 11) is -2.16. The molecule has 1 aromatic rings. The van der Waals surface area contributed by atoms with E-state index in [1.807, 2.05) is 0 Å². The summed E-state index contributed by atoms with van der Waals surface area (Å²) >= 11 is 3.25. The van der Waals surface area contributed by atoms with E-state index in [0.717, 1.165) is 4.47 Å². The summed E-state index contributed by atoms with van der Waals surface area (Å²) in [6.07, 6.45) is 0.325. The molecule has 0 aromatic heterocycles. The molecule has 18 heavy (non-hydrogen) atoms. The highest BCUT2D eigenvalue weighted by molar-refractivity contribution is 9.10. The quantitative estimate of drug-likeness (QED) is 0.808. The van der Waals surface area contributed by atoms with Gasteiger partial charge in [-0.25, -0.2) is 8.42 Å². The van der Waals surface area contributed by atoms with Crippen molar-refractivity contribution >= 4 is 37.6 Å². The van der Waals surface area contributed by atoms with Crippen LogP contribution in [-0.4, -0.2) is 27.2 Å². The van der Waals surface area contributed by atoms with E-state index in [-0.39, 0.29) is 18.6 Å². The summed E-state index contributed by atoms with van der Waals surface area (Å²) in [5.41, 5.74) is 0.488. The van der Waals surface area contributed by atoms with Gasteiger partial charge in [0.05, 0.1) is 12.9 Å². The van der Waals surface area contributed by atoms with Crippen LogP contribution in [0.15, 0.2) is 28.7 Å². The van der Waals surface area contributed by atoms with E-state index in [1.165, 1.54) is 7.11 Å². The molecule has 1 rings (SSSR count). The Balaban J connectivity index is 2.52. The van der Waals surface area contributed by atoms with Crippen LogP contribution in [0.2, 0.25) is 0 Å². The Labute approximate surface area is 115 Å². The Hall–Kier alpha value is -1.08. The summed E-state index contributed by atoms with van der Waals surface area (Å²) < 4.78 is 31.1. The highest BCUT2D eigenvalue weighted by atomic mass is 79.9. The van der Waals surface area contributed by atoms with E-state index in [0.29, 0.717) is 5.69 Å². The molecular weight excluding hydrogens is 322 g/mol. The first kappa shape index (κ1) is 15.0. The zero-order chi connectivity index (χ0) is 13.6. The van der Waals surface area contributed by atoms with E-state index in [2.05, 4.69) is 25.4 Å². The zero-order valence-electron chi connectivity index (χ0n) is 9.85. The van der Waals surface area contributed by atoms with Gasteiger partial charge in [-0.15, -0.1) is 0 Å². The molecule has 0 heterocycles. The van der Waals surface area contributed by atoms with Crippen molar-refractivity contribution in [2.75, 3.05) is 17.6 Å². The van der Waals surface area contributed by atoms with Crippen LogP contribution in [-0.2, 0) is 19.6 Å². The van der Waals surface area contributed by atoms with Crippen molar-refractivity contribution in [3.8, 4) is 0 Å². The fourth-order valence-electron chi connectivity index (χ4n) is 1.29. The Morgan fingerprint density at radius 2 is 2.17 bits per heavy atom. The lowest BCUT2D eigenvalue weighted by atomic mass is 10.3. The van der Waals surface area contributed by atoms with Crippen molar-refractivity contribution in [1.29, 1.82) is 0 Å². The lowest BCUT2D eigenvalue weighted by Crippen LogP contribution is -2.17. The van der Waals surface area contributed by atoms with Crippen LogP contribution in [0.1, 0.15) is 12.8 Å². The van der Waals surface area contributed by atoms with E-state index in [9.17, 15) is 13.2 Å². The number of sulfonamides is 1. The van der Waals surface area contributed by atoms with Gasteiger partial charge in [0.25, 0.3) is 0 Å². The number of anilines is 1. The Morgan fingerprint density at radius 3 is 2.78 bits per heavy atom. The van der Waals surface area contributed by atoms with Gasteiger partial charge in [-0.2, -0.15) is 0 Å². The molecule has 100 valence electrons. The number of rotatable bonds is 6. The number of esters is 1. The third-order valence-corrected chi connectivity index (χ3v) is 3.99. The van der Waals surface area contributed by atoms with Crippen molar-refractivity contribution in [2.24, 2.45) is 0 Å². The topological polar surface area (TPSA) is 72.5 Å². The molecular formula is C11H14BrNO4S. The van der Waals surface area contributed by atoms with Crippen molar-refractivity contribution in [1.82, 2.24) is 0 Å². The molecule has 0 spiro atoms. The van der Waals surface area contributed by atoms with Crippen LogP contribution in [0.3, 0.4) is 0 Å². The minimum Gasteiger partial charge on any atom is -0.469 e. The molecule has 0 aliphatic rings. The molecule has 0 saturated carbocycles. The van der Waals surface area contributed by atoms with Gasteiger partial charge < -0.3 is 4.74 Å². The molecule has 5 nitrogen and oxygen atoms in total. The molecule has 0 aliphatic heterocycles. The van der Waals surface area contributed by atoms with Crippen LogP contribution >= 0.6 is 15.9 Å². The number of ether oxygens (including phenoxy) is 1. The molecule has 1 aromatic carbocycles. The van der Waals surface area contributed by atoms with Crippen molar-refractivity contribution in [3.05, 3.63) is 28.7 Å². The first-order valence-electron chi connectivity index (χ1n) is 5.26. The summed E-state index contributed by atoms with van der Waals surface area (Å²) in [5.74, 6) is -0.526. The van der Waals surface area contributed by atoms with E-state index in [4.69, 9.17) is 0 Å². The minimum atomic E-state index is -3.43. The van der Waals surface area contributed by atoms with Crippen molar-refractivity contribution in [2.45, 2.75) is 12.8 Å². The molecule has 0 atom stereocenters. The van der Waals surface area contributed by atoms with Crippen LogP contribution in [0.4, 0.5) is 5.69 Å².